The van der Waals surface area contributed by atoms with Gasteiger partial charge in [-0.15, -0.1) is 0 Å². The topological polar surface area (TPSA) is 49.4 Å². The second-order valence-electron chi connectivity index (χ2n) is 9.85. The fraction of sp³-hybridized carbons (Fsp3) is 0.947. The highest BCUT2D eigenvalue weighted by molar-refractivity contribution is 7.84. The van der Waals surface area contributed by atoms with Gasteiger partial charge in [-0.25, -0.2) is 8.51 Å². The summed E-state index contributed by atoms with van der Waals surface area (Å²) < 4.78 is 14.5. The number of hydrogen-bond donors (Lipinski definition) is 1. The molecule has 24 heavy (non-hydrogen) atoms. The maximum absolute atomic E-state index is 13.1. The molecule has 1 amide bonds. The van der Waals surface area contributed by atoms with E-state index in [4.69, 9.17) is 0 Å². The molecule has 136 valence electrons. The lowest BCUT2D eigenvalue weighted by molar-refractivity contribution is -0.129. The molecule has 0 aromatic carbocycles. The molecule has 5 rings (SSSR count). The molecule has 1 heterocycles. The third-order valence-corrected chi connectivity index (χ3v) is 8.58. The molecule has 1 unspecified atom stereocenters. The first-order chi connectivity index (χ1) is 11.3. The lowest BCUT2D eigenvalue weighted by atomic mass is 9.53. The zero-order valence-electron chi connectivity index (χ0n) is 15.3. The third kappa shape index (κ3) is 2.96. The van der Waals surface area contributed by atoms with Crippen LogP contribution in [0.3, 0.4) is 0 Å². The van der Waals surface area contributed by atoms with Crippen molar-refractivity contribution in [2.24, 2.45) is 17.8 Å². The van der Waals surface area contributed by atoms with E-state index in [0.29, 0.717) is 0 Å². The van der Waals surface area contributed by atoms with Gasteiger partial charge in [0.25, 0.3) is 0 Å². The molecule has 4 aliphatic carbocycles. The first-order valence-corrected chi connectivity index (χ1v) is 10.9. The monoisotopic (exact) mass is 352 g/mol. The number of amides is 1. The van der Waals surface area contributed by atoms with Crippen molar-refractivity contribution >= 4 is 16.9 Å². The van der Waals surface area contributed by atoms with Gasteiger partial charge >= 0.3 is 0 Å². The first-order valence-electron chi connectivity index (χ1n) is 9.76. The Bertz CT molecular complexity index is 519. The normalized spacial score (nSPS) is 43.1. The molecule has 5 heteroatoms. The van der Waals surface area contributed by atoms with Crippen LogP contribution in [0.15, 0.2) is 0 Å². The van der Waals surface area contributed by atoms with Gasteiger partial charge in [0.05, 0.1) is 4.75 Å². The van der Waals surface area contributed by atoms with Gasteiger partial charge in [-0.2, -0.15) is 0 Å². The zero-order valence-corrected chi connectivity index (χ0v) is 16.2. The lowest BCUT2D eigenvalue weighted by Crippen LogP contribution is -2.62. The van der Waals surface area contributed by atoms with Crippen molar-refractivity contribution in [3.63, 3.8) is 0 Å². The van der Waals surface area contributed by atoms with Crippen LogP contribution in [0.1, 0.15) is 72.1 Å². The molecule has 4 saturated carbocycles. The third-order valence-electron chi connectivity index (χ3n) is 6.67. The molecule has 2 atom stereocenters. The van der Waals surface area contributed by atoms with E-state index in [1.54, 1.807) is 0 Å². The van der Waals surface area contributed by atoms with Gasteiger partial charge in [0, 0.05) is 12.1 Å². The maximum Gasteiger partial charge on any atom is 0.238 e. The molecule has 1 N–H and O–H groups in total. The second-order valence-corrected chi connectivity index (χ2v) is 12.0. The Morgan fingerprint density at radius 1 is 1.08 bits per heavy atom. The van der Waals surface area contributed by atoms with Gasteiger partial charge < -0.3 is 5.32 Å². The van der Waals surface area contributed by atoms with E-state index >= 15 is 0 Å². The second kappa shape index (κ2) is 5.80. The van der Waals surface area contributed by atoms with Crippen LogP contribution in [0.25, 0.3) is 0 Å². The summed E-state index contributed by atoms with van der Waals surface area (Å²) in [5, 5.41) is 3.49. The van der Waals surface area contributed by atoms with E-state index in [9.17, 15) is 9.00 Å². The Hall–Kier alpha value is -0.420. The van der Waals surface area contributed by atoms with Crippen LogP contribution >= 0.6 is 0 Å². The first kappa shape index (κ1) is 17.0. The number of nitrogens with zero attached hydrogens (tertiary/aromatic N) is 1. The van der Waals surface area contributed by atoms with Crippen molar-refractivity contribution in [2.45, 2.75) is 88.5 Å². The molecular formula is C19H32N2O2S. The van der Waals surface area contributed by atoms with Crippen molar-refractivity contribution < 1.29 is 9.00 Å². The van der Waals surface area contributed by atoms with Crippen LogP contribution in [-0.2, 0) is 15.8 Å². The lowest BCUT2D eigenvalue weighted by Gasteiger charge is -2.57. The van der Waals surface area contributed by atoms with Crippen molar-refractivity contribution in [3.8, 4) is 0 Å². The van der Waals surface area contributed by atoms with E-state index in [0.717, 1.165) is 37.1 Å². The summed E-state index contributed by atoms with van der Waals surface area (Å²) in [4.78, 5) is 13.1. The highest BCUT2D eigenvalue weighted by atomic mass is 32.2. The maximum atomic E-state index is 13.1. The summed E-state index contributed by atoms with van der Waals surface area (Å²) in [6, 6.07) is -0.196. The summed E-state index contributed by atoms with van der Waals surface area (Å²) in [5.74, 6) is 2.65. The molecule has 5 aliphatic rings. The number of carbonyl (C=O) groups excluding carboxylic acids is 1. The van der Waals surface area contributed by atoms with Crippen LogP contribution in [0, 0.1) is 17.8 Å². The van der Waals surface area contributed by atoms with E-state index in [1.165, 1.54) is 38.5 Å². The van der Waals surface area contributed by atoms with Crippen molar-refractivity contribution in [3.05, 3.63) is 0 Å². The predicted molar refractivity (Wildman–Crippen MR) is 96.7 cm³/mol. The molecule has 1 saturated heterocycles. The summed E-state index contributed by atoms with van der Waals surface area (Å²) in [5.41, 5.74) is 0.0588. The Balaban J connectivity index is 1.47. The van der Waals surface area contributed by atoms with Crippen LogP contribution in [0.2, 0.25) is 0 Å². The molecule has 0 aromatic heterocycles. The number of rotatable bonds is 3. The summed E-state index contributed by atoms with van der Waals surface area (Å²) in [6.07, 6.45) is 9.52. The minimum absolute atomic E-state index is 0.0588. The fourth-order valence-electron chi connectivity index (χ4n) is 6.16. The summed E-state index contributed by atoms with van der Waals surface area (Å²) in [6.45, 7) is 6.77. The van der Waals surface area contributed by atoms with E-state index in [1.807, 2.05) is 25.1 Å². The van der Waals surface area contributed by atoms with E-state index in [-0.39, 0.29) is 22.2 Å². The summed E-state index contributed by atoms with van der Waals surface area (Å²) >= 11 is 0. The molecule has 1 aliphatic heterocycles. The van der Waals surface area contributed by atoms with Crippen molar-refractivity contribution in [2.75, 3.05) is 6.54 Å². The van der Waals surface area contributed by atoms with Crippen molar-refractivity contribution in [1.29, 1.82) is 0 Å². The largest absolute Gasteiger partial charge is 0.349 e. The Kier molecular flexibility index (Phi) is 4.11. The highest BCUT2D eigenvalue weighted by Gasteiger charge is 2.52. The minimum Gasteiger partial charge on any atom is -0.349 e. The van der Waals surface area contributed by atoms with Gasteiger partial charge in [-0.05, 0) is 89.9 Å². The Morgan fingerprint density at radius 3 is 2.12 bits per heavy atom. The Labute approximate surface area is 148 Å². The van der Waals surface area contributed by atoms with Gasteiger partial charge in [-0.1, -0.05) is 0 Å². The molecule has 0 aromatic rings. The van der Waals surface area contributed by atoms with Crippen LogP contribution < -0.4 is 5.32 Å². The zero-order chi connectivity index (χ0) is 17.1. The van der Waals surface area contributed by atoms with Crippen molar-refractivity contribution in [1.82, 2.24) is 9.62 Å². The highest BCUT2D eigenvalue weighted by Crippen LogP contribution is 2.55. The van der Waals surface area contributed by atoms with Gasteiger partial charge in [0.15, 0.2) is 0 Å². The number of carbonyl (C=O) groups is 1. The molecular weight excluding hydrogens is 320 g/mol. The SMILES string of the molecule is CC(C)(C)S(=O)N1CCC[C@H]1C(=O)NC12CC3CC(CC(C3)C1)C2. The molecule has 4 nitrogen and oxygen atoms in total. The van der Waals surface area contributed by atoms with Gasteiger partial charge in [-0.3, -0.25) is 4.79 Å². The smallest absolute Gasteiger partial charge is 0.238 e. The minimum atomic E-state index is -1.10. The molecule has 4 bridgehead atoms. The van der Waals surface area contributed by atoms with Crippen LogP contribution in [-0.4, -0.2) is 37.3 Å². The molecule has 5 fully saturated rings. The molecule has 0 radical (unpaired) electrons. The summed E-state index contributed by atoms with van der Waals surface area (Å²) in [7, 11) is -1.10. The quantitative estimate of drug-likeness (QED) is 0.849. The average Bonchev–Trinajstić information content (AvgIpc) is 2.92. The van der Waals surface area contributed by atoms with Crippen LogP contribution in [0.4, 0.5) is 0 Å². The number of hydrogen-bond acceptors (Lipinski definition) is 2. The van der Waals surface area contributed by atoms with Gasteiger partial charge in [0.2, 0.25) is 5.91 Å². The van der Waals surface area contributed by atoms with Gasteiger partial charge in [0.1, 0.15) is 17.0 Å². The van der Waals surface area contributed by atoms with E-state index < -0.39 is 11.0 Å². The fourth-order valence-corrected chi connectivity index (χ4v) is 7.59. The predicted octanol–water partition coefficient (Wildman–Crippen LogP) is 3.00. The average molecular weight is 353 g/mol. The number of nitrogens with one attached hydrogen (secondary N) is 1. The standard InChI is InChI=1S/C19H32N2O2S/c1-18(2,3)24(23)21-6-4-5-16(21)17(22)20-19-10-13-7-14(11-19)9-15(8-13)12-19/h13-16H,4-12H2,1-3H3,(H,20,22)/t13?,14?,15?,16-,19?,24?/m0/s1. The Morgan fingerprint density at radius 2 is 1.62 bits per heavy atom. The van der Waals surface area contributed by atoms with Crippen LogP contribution in [0.5, 0.6) is 0 Å². The van der Waals surface area contributed by atoms with E-state index in [2.05, 4.69) is 5.32 Å². The molecule has 0 spiro atoms.